The molecule has 1 heterocycles. The van der Waals surface area contributed by atoms with Crippen LogP contribution in [0.4, 0.5) is 0 Å². The van der Waals surface area contributed by atoms with Gasteiger partial charge >= 0.3 is 0 Å². The number of amides is 3. The van der Waals surface area contributed by atoms with Crippen molar-refractivity contribution >= 4 is 24.0 Å². The third-order valence-corrected chi connectivity index (χ3v) is 3.39. The molecular formula is C14H14N2O5. The zero-order valence-electron chi connectivity index (χ0n) is 11.3. The van der Waals surface area contributed by atoms with Crippen LogP contribution in [0.1, 0.15) is 33.6 Å². The Morgan fingerprint density at radius 3 is 2.76 bits per heavy atom. The molecule has 0 spiro atoms. The van der Waals surface area contributed by atoms with Gasteiger partial charge < -0.3 is 10.0 Å². The van der Waals surface area contributed by atoms with E-state index in [1.165, 1.54) is 30.1 Å². The fourth-order valence-electron chi connectivity index (χ4n) is 2.23. The molecule has 7 nitrogen and oxygen atoms in total. The maximum Gasteiger partial charge on any atom is 0.255 e. The number of aldehydes is 1. The summed E-state index contributed by atoms with van der Waals surface area (Å²) in [5.41, 5.74) is 0.133. The molecule has 0 radical (unpaired) electrons. The highest BCUT2D eigenvalue weighted by Gasteiger charge is 2.33. The molecule has 1 unspecified atom stereocenters. The zero-order valence-corrected chi connectivity index (χ0v) is 11.3. The van der Waals surface area contributed by atoms with Crippen LogP contribution in [0, 0.1) is 0 Å². The van der Waals surface area contributed by atoms with Gasteiger partial charge in [-0.3, -0.25) is 24.5 Å². The molecule has 2 rings (SSSR count). The molecule has 1 fully saturated rings. The van der Waals surface area contributed by atoms with Crippen molar-refractivity contribution in [3.05, 3.63) is 29.3 Å². The first-order chi connectivity index (χ1) is 9.93. The minimum Gasteiger partial charge on any atom is -0.508 e. The summed E-state index contributed by atoms with van der Waals surface area (Å²) in [6.45, 7) is 0. The number of benzene rings is 1. The zero-order chi connectivity index (χ0) is 15.6. The van der Waals surface area contributed by atoms with E-state index in [0.717, 1.165) is 0 Å². The molecule has 1 aromatic rings. The Balaban J connectivity index is 2.25. The lowest BCUT2D eigenvalue weighted by Crippen LogP contribution is -2.53. The third-order valence-electron chi connectivity index (χ3n) is 3.39. The summed E-state index contributed by atoms with van der Waals surface area (Å²) >= 11 is 0. The number of nitrogens with one attached hydrogen (secondary N) is 1. The summed E-state index contributed by atoms with van der Waals surface area (Å²) in [6, 6.07) is 3.03. The van der Waals surface area contributed by atoms with Crippen molar-refractivity contribution in [3.8, 4) is 5.75 Å². The molecule has 1 aliphatic rings. The van der Waals surface area contributed by atoms with Gasteiger partial charge in [-0.1, -0.05) is 0 Å². The maximum atomic E-state index is 12.4. The number of hydrogen-bond donors (Lipinski definition) is 2. The van der Waals surface area contributed by atoms with Gasteiger partial charge in [0.2, 0.25) is 11.8 Å². The smallest absolute Gasteiger partial charge is 0.255 e. The van der Waals surface area contributed by atoms with Gasteiger partial charge in [-0.2, -0.15) is 0 Å². The summed E-state index contributed by atoms with van der Waals surface area (Å²) < 4.78 is 0. The Morgan fingerprint density at radius 2 is 2.14 bits per heavy atom. The quantitative estimate of drug-likeness (QED) is 0.606. The second kappa shape index (κ2) is 5.74. The number of imide groups is 1. The lowest BCUT2D eigenvalue weighted by atomic mass is 10.0. The molecule has 1 aromatic carbocycles. The number of aromatic hydroxyl groups is 1. The second-order valence-electron chi connectivity index (χ2n) is 4.77. The van der Waals surface area contributed by atoms with Gasteiger partial charge in [0.15, 0.2) is 6.29 Å². The normalized spacial score (nSPS) is 18.0. The van der Waals surface area contributed by atoms with Gasteiger partial charge in [-0.25, -0.2) is 0 Å². The van der Waals surface area contributed by atoms with E-state index in [-0.39, 0.29) is 35.6 Å². The van der Waals surface area contributed by atoms with Crippen LogP contribution in [0.5, 0.6) is 5.75 Å². The van der Waals surface area contributed by atoms with Crippen LogP contribution in [-0.4, -0.2) is 47.1 Å². The Morgan fingerprint density at radius 1 is 1.43 bits per heavy atom. The average Bonchev–Trinajstić information content (AvgIpc) is 2.45. The van der Waals surface area contributed by atoms with Crippen molar-refractivity contribution in [2.24, 2.45) is 0 Å². The summed E-state index contributed by atoms with van der Waals surface area (Å²) in [4.78, 5) is 47.4. The van der Waals surface area contributed by atoms with E-state index in [4.69, 9.17) is 0 Å². The highest BCUT2D eigenvalue weighted by Crippen LogP contribution is 2.19. The Labute approximate surface area is 120 Å². The molecule has 110 valence electrons. The van der Waals surface area contributed by atoms with Crippen LogP contribution < -0.4 is 5.32 Å². The minimum atomic E-state index is -0.761. The van der Waals surface area contributed by atoms with Crippen LogP contribution in [0.15, 0.2) is 18.2 Å². The predicted octanol–water partition coefficient (Wildman–Crippen LogP) is 0.0819. The van der Waals surface area contributed by atoms with E-state index in [9.17, 15) is 24.3 Å². The van der Waals surface area contributed by atoms with Gasteiger partial charge in [0.25, 0.3) is 5.91 Å². The van der Waals surface area contributed by atoms with Crippen LogP contribution in [-0.2, 0) is 9.59 Å². The van der Waals surface area contributed by atoms with Gasteiger partial charge in [0, 0.05) is 19.0 Å². The van der Waals surface area contributed by atoms with Crippen LogP contribution in [0.3, 0.4) is 0 Å². The molecule has 7 heteroatoms. The lowest BCUT2D eigenvalue weighted by molar-refractivity contribution is -0.136. The van der Waals surface area contributed by atoms with Crippen molar-refractivity contribution in [1.82, 2.24) is 10.2 Å². The lowest BCUT2D eigenvalue weighted by Gasteiger charge is -2.30. The third kappa shape index (κ3) is 2.91. The van der Waals surface area contributed by atoms with E-state index >= 15 is 0 Å². The Hall–Kier alpha value is -2.70. The molecule has 3 amide bonds. The van der Waals surface area contributed by atoms with Crippen molar-refractivity contribution in [2.45, 2.75) is 18.9 Å². The van der Waals surface area contributed by atoms with E-state index in [0.29, 0.717) is 6.29 Å². The van der Waals surface area contributed by atoms with Crippen molar-refractivity contribution in [3.63, 3.8) is 0 Å². The van der Waals surface area contributed by atoms with Crippen LogP contribution in [0.2, 0.25) is 0 Å². The molecule has 0 saturated carbocycles. The van der Waals surface area contributed by atoms with Gasteiger partial charge in [0.1, 0.15) is 11.8 Å². The van der Waals surface area contributed by atoms with E-state index in [2.05, 4.69) is 5.32 Å². The first-order valence-electron chi connectivity index (χ1n) is 6.33. The molecule has 2 N–H and O–H groups in total. The van der Waals surface area contributed by atoms with Gasteiger partial charge in [-0.05, 0) is 24.6 Å². The number of nitrogens with zero attached hydrogens (tertiary/aromatic N) is 1. The molecule has 1 aliphatic heterocycles. The summed E-state index contributed by atoms with van der Waals surface area (Å²) in [5, 5.41) is 11.5. The number of likely N-dealkylation sites (N-methyl/N-ethyl adjacent to an activating group) is 1. The SMILES string of the molecule is CN(C(=O)c1ccc(O)cc1C=O)C1CCC(=O)NC1=O. The predicted molar refractivity (Wildman–Crippen MR) is 71.8 cm³/mol. The molecule has 1 atom stereocenters. The molecule has 21 heavy (non-hydrogen) atoms. The van der Waals surface area contributed by atoms with Gasteiger partial charge in [-0.15, -0.1) is 0 Å². The molecular weight excluding hydrogens is 276 g/mol. The topological polar surface area (TPSA) is 104 Å². The second-order valence-corrected chi connectivity index (χ2v) is 4.77. The highest BCUT2D eigenvalue weighted by atomic mass is 16.3. The fourth-order valence-corrected chi connectivity index (χ4v) is 2.23. The van der Waals surface area contributed by atoms with Crippen molar-refractivity contribution in [1.29, 1.82) is 0 Å². The number of carbonyl (C=O) groups is 4. The largest absolute Gasteiger partial charge is 0.508 e. The van der Waals surface area contributed by atoms with Crippen LogP contribution >= 0.6 is 0 Å². The first kappa shape index (κ1) is 14.7. The number of phenolic OH excluding ortho intramolecular Hbond substituents is 1. The summed E-state index contributed by atoms with van der Waals surface area (Å²) in [6.07, 6.45) is 0.858. The molecule has 0 aromatic heterocycles. The number of phenols is 1. The summed E-state index contributed by atoms with van der Waals surface area (Å²) in [7, 11) is 1.43. The monoisotopic (exact) mass is 290 g/mol. The van der Waals surface area contributed by atoms with Crippen LogP contribution in [0.25, 0.3) is 0 Å². The average molecular weight is 290 g/mol. The van der Waals surface area contributed by atoms with E-state index in [1.54, 1.807) is 0 Å². The van der Waals surface area contributed by atoms with Crippen molar-refractivity contribution < 1.29 is 24.3 Å². The molecule has 1 saturated heterocycles. The number of rotatable bonds is 3. The fraction of sp³-hybridized carbons (Fsp3) is 0.286. The Bertz CT molecular complexity index is 626. The van der Waals surface area contributed by atoms with Crippen molar-refractivity contribution in [2.75, 3.05) is 7.05 Å². The Kier molecular flexibility index (Phi) is 4.02. The molecule has 0 bridgehead atoms. The van der Waals surface area contributed by atoms with E-state index < -0.39 is 17.9 Å². The van der Waals surface area contributed by atoms with E-state index in [1.807, 2.05) is 0 Å². The standard InChI is InChI=1S/C14H14N2O5/c1-16(11-4-5-12(19)15-13(11)20)14(21)10-3-2-9(18)6-8(10)7-17/h2-3,6-7,11,18H,4-5H2,1H3,(H,15,19,20). The minimum absolute atomic E-state index is 0.0409. The number of piperidine rings is 1. The molecule has 0 aliphatic carbocycles. The first-order valence-corrected chi connectivity index (χ1v) is 6.33. The number of carbonyl (C=O) groups excluding carboxylic acids is 4. The van der Waals surface area contributed by atoms with Gasteiger partial charge in [0.05, 0.1) is 5.56 Å². The highest BCUT2D eigenvalue weighted by molar-refractivity contribution is 6.06. The number of hydrogen-bond acceptors (Lipinski definition) is 5. The maximum absolute atomic E-state index is 12.4. The summed E-state index contributed by atoms with van der Waals surface area (Å²) in [5.74, 6) is -1.55.